The zero-order valence-corrected chi connectivity index (χ0v) is 15.9. The molecule has 0 saturated heterocycles. The standard InChI is InChI=1S/C16H30O8S/c1-3-5-7-21-9-11-23-15(17)13-14(25(19)20)16(18)24-12-10-22-8-6-4-2/h14H,3-13H2,1-2H3,(H,19,20). The molecule has 0 amide bonds. The van der Waals surface area contributed by atoms with Gasteiger partial charge in [0.2, 0.25) is 0 Å². The molecule has 0 aromatic rings. The average Bonchev–Trinajstić information content (AvgIpc) is 2.58. The zero-order valence-electron chi connectivity index (χ0n) is 15.1. The van der Waals surface area contributed by atoms with Crippen molar-refractivity contribution in [3.8, 4) is 0 Å². The van der Waals surface area contributed by atoms with Gasteiger partial charge in [-0.2, -0.15) is 0 Å². The highest BCUT2D eigenvalue weighted by Crippen LogP contribution is 2.06. The highest BCUT2D eigenvalue weighted by Gasteiger charge is 2.29. The summed E-state index contributed by atoms with van der Waals surface area (Å²) >= 11 is -2.52. The van der Waals surface area contributed by atoms with Gasteiger partial charge in [-0.1, -0.05) is 26.7 Å². The van der Waals surface area contributed by atoms with Gasteiger partial charge in [-0.25, -0.2) is 4.21 Å². The fraction of sp³-hybridized carbons (Fsp3) is 0.875. The Bertz CT molecular complexity index is 388. The molecule has 0 heterocycles. The van der Waals surface area contributed by atoms with Gasteiger partial charge in [0.15, 0.2) is 16.3 Å². The summed E-state index contributed by atoms with van der Waals surface area (Å²) in [6, 6.07) is 0. The van der Waals surface area contributed by atoms with Crippen LogP contribution in [0.25, 0.3) is 0 Å². The van der Waals surface area contributed by atoms with Crippen molar-refractivity contribution >= 4 is 23.0 Å². The van der Waals surface area contributed by atoms with E-state index in [1.54, 1.807) is 0 Å². The molecule has 0 aromatic heterocycles. The molecule has 2 unspecified atom stereocenters. The van der Waals surface area contributed by atoms with E-state index in [9.17, 15) is 18.4 Å². The van der Waals surface area contributed by atoms with E-state index in [2.05, 4.69) is 0 Å². The number of carbonyl (C=O) groups is 2. The predicted molar refractivity (Wildman–Crippen MR) is 92.5 cm³/mol. The van der Waals surface area contributed by atoms with Gasteiger partial charge in [0.25, 0.3) is 0 Å². The molecule has 0 saturated carbocycles. The number of rotatable bonds is 16. The van der Waals surface area contributed by atoms with Gasteiger partial charge in [-0.15, -0.1) is 0 Å². The van der Waals surface area contributed by atoms with E-state index in [0.29, 0.717) is 13.2 Å². The van der Waals surface area contributed by atoms with Gasteiger partial charge in [0, 0.05) is 13.2 Å². The summed E-state index contributed by atoms with van der Waals surface area (Å²) in [6.07, 6.45) is 3.32. The third-order valence-electron chi connectivity index (χ3n) is 3.11. The Morgan fingerprint density at radius 1 is 0.880 bits per heavy atom. The van der Waals surface area contributed by atoms with E-state index in [0.717, 1.165) is 25.7 Å². The van der Waals surface area contributed by atoms with Crippen LogP contribution in [0.15, 0.2) is 0 Å². The Balaban J connectivity index is 3.99. The minimum Gasteiger partial charge on any atom is -0.463 e. The van der Waals surface area contributed by atoms with Crippen molar-refractivity contribution in [2.75, 3.05) is 39.6 Å². The van der Waals surface area contributed by atoms with E-state index < -0.39 is 34.7 Å². The normalized spacial score (nSPS) is 13.2. The quantitative estimate of drug-likeness (QED) is 0.244. The molecule has 0 aliphatic heterocycles. The van der Waals surface area contributed by atoms with Crippen LogP contribution in [0.5, 0.6) is 0 Å². The van der Waals surface area contributed by atoms with E-state index in [-0.39, 0.29) is 26.4 Å². The fourth-order valence-corrected chi connectivity index (χ4v) is 2.16. The number of ether oxygens (including phenoxy) is 4. The number of hydrogen-bond donors (Lipinski definition) is 1. The topological polar surface area (TPSA) is 108 Å². The van der Waals surface area contributed by atoms with Crippen LogP contribution < -0.4 is 0 Å². The largest absolute Gasteiger partial charge is 0.463 e. The molecule has 2 atom stereocenters. The Morgan fingerprint density at radius 2 is 1.40 bits per heavy atom. The van der Waals surface area contributed by atoms with Crippen molar-refractivity contribution in [3.63, 3.8) is 0 Å². The summed E-state index contributed by atoms with van der Waals surface area (Å²) in [7, 11) is 0. The van der Waals surface area contributed by atoms with Gasteiger partial charge in [0.05, 0.1) is 19.6 Å². The van der Waals surface area contributed by atoms with Gasteiger partial charge in [-0.3, -0.25) is 9.59 Å². The van der Waals surface area contributed by atoms with Gasteiger partial charge < -0.3 is 23.5 Å². The molecule has 148 valence electrons. The summed E-state index contributed by atoms with van der Waals surface area (Å²) in [5, 5.41) is -1.47. The maximum atomic E-state index is 11.8. The number of carbonyl (C=O) groups excluding carboxylic acids is 2. The minimum absolute atomic E-state index is 0.0312. The maximum Gasteiger partial charge on any atom is 0.324 e. The molecular formula is C16H30O8S. The summed E-state index contributed by atoms with van der Waals surface area (Å²) in [5.41, 5.74) is 0. The molecule has 9 heteroatoms. The molecule has 8 nitrogen and oxygen atoms in total. The average molecular weight is 382 g/mol. The Hall–Kier alpha value is -1.03. The first kappa shape index (κ1) is 24.0. The van der Waals surface area contributed by atoms with Crippen molar-refractivity contribution < 1.29 is 37.3 Å². The van der Waals surface area contributed by atoms with Gasteiger partial charge in [-0.05, 0) is 12.8 Å². The van der Waals surface area contributed by atoms with Crippen LogP contribution in [0.2, 0.25) is 0 Å². The van der Waals surface area contributed by atoms with Crippen LogP contribution >= 0.6 is 0 Å². The third-order valence-corrected chi connectivity index (χ3v) is 3.95. The molecule has 0 spiro atoms. The van der Waals surface area contributed by atoms with Crippen molar-refractivity contribution in [3.05, 3.63) is 0 Å². The summed E-state index contributed by atoms with van der Waals surface area (Å²) < 4.78 is 40.6. The maximum absolute atomic E-state index is 11.8. The Morgan fingerprint density at radius 3 is 1.88 bits per heavy atom. The van der Waals surface area contributed by atoms with Crippen LogP contribution in [0, 0.1) is 0 Å². The smallest absolute Gasteiger partial charge is 0.324 e. The lowest BCUT2D eigenvalue weighted by Gasteiger charge is -2.12. The van der Waals surface area contributed by atoms with Crippen molar-refractivity contribution in [2.24, 2.45) is 0 Å². The first-order valence-corrected chi connectivity index (χ1v) is 9.77. The third kappa shape index (κ3) is 13.9. The molecule has 1 N–H and O–H groups in total. The van der Waals surface area contributed by atoms with Crippen LogP contribution in [0.3, 0.4) is 0 Å². The second-order valence-electron chi connectivity index (χ2n) is 5.29. The number of hydrogen-bond acceptors (Lipinski definition) is 7. The summed E-state index contributed by atoms with van der Waals surface area (Å²) in [5.74, 6) is -1.67. The monoisotopic (exact) mass is 382 g/mol. The second kappa shape index (κ2) is 16.4. The summed E-state index contributed by atoms with van der Waals surface area (Å²) in [6.45, 7) is 5.68. The van der Waals surface area contributed by atoms with E-state index in [1.165, 1.54) is 0 Å². The zero-order chi connectivity index (χ0) is 18.9. The van der Waals surface area contributed by atoms with Crippen LogP contribution in [0.4, 0.5) is 0 Å². The van der Waals surface area contributed by atoms with E-state index in [1.807, 2.05) is 13.8 Å². The lowest BCUT2D eigenvalue weighted by atomic mass is 10.3. The molecule has 0 aliphatic carbocycles. The van der Waals surface area contributed by atoms with Crippen LogP contribution in [-0.2, 0) is 39.6 Å². The lowest BCUT2D eigenvalue weighted by molar-refractivity contribution is -0.151. The Labute approximate surface area is 151 Å². The molecule has 0 fully saturated rings. The van der Waals surface area contributed by atoms with E-state index >= 15 is 0 Å². The van der Waals surface area contributed by atoms with Crippen molar-refractivity contribution in [1.29, 1.82) is 0 Å². The lowest BCUT2D eigenvalue weighted by Crippen LogP contribution is -2.32. The van der Waals surface area contributed by atoms with Crippen molar-refractivity contribution in [2.45, 2.75) is 51.2 Å². The SMILES string of the molecule is CCCCOCCOC(=O)CC(C(=O)OCCOCCCC)S(=O)O. The molecule has 0 rings (SSSR count). The second-order valence-corrected chi connectivity index (χ2v) is 6.41. The van der Waals surface area contributed by atoms with Gasteiger partial charge >= 0.3 is 11.9 Å². The first-order chi connectivity index (χ1) is 12.0. The van der Waals surface area contributed by atoms with Crippen molar-refractivity contribution in [1.82, 2.24) is 0 Å². The molecule has 0 radical (unpaired) electrons. The highest BCUT2D eigenvalue weighted by atomic mass is 32.2. The molecule has 0 aromatic carbocycles. The van der Waals surface area contributed by atoms with E-state index in [4.69, 9.17) is 18.9 Å². The Kier molecular flexibility index (Phi) is 15.8. The van der Waals surface area contributed by atoms with Gasteiger partial charge in [0.1, 0.15) is 13.2 Å². The molecule has 25 heavy (non-hydrogen) atoms. The molecule has 0 aliphatic rings. The highest BCUT2D eigenvalue weighted by molar-refractivity contribution is 7.80. The number of esters is 2. The number of unbranched alkanes of at least 4 members (excludes halogenated alkanes) is 2. The molecule has 0 bridgehead atoms. The molecular weight excluding hydrogens is 352 g/mol. The summed E-state index contributed by atoms with van der Waals surface area (Å²) in [4.78, 5) is 23.4. The fourth-order valence-electron chi connectivity index (χ4n) is 1.65. The first-order valence-electron chi connectivity index (χ1n) is 8.60. The van der Waals surface area contributed by atoms with Crippen LogP contribution in [-0.4, -0.2) is 65.6 Å². The predicted octanol–water partition coefficient (Wildman–Crippen LogP) is 1.69. The minimum atomic E-state index is -2.52. The van der Waals surface area contributed by atoms with Crippen LogP contribution in [0.1, 0.15) is 46.0 Å².